The average Bonchev–Trinajstić information content (AvgIpc) is 3.49. The van der Waals surface area contributed by atoms with Gasteiger partial charge < -0.3 is 39.5 Å². The summed E-state index contributed by atoms with van der Waals surface area (Å²) in [7, 11) is -4.99. The minimum absolute atomic E-state index is 0.0103. The normalized spacial score (nSPS) is 27.9. The summed E-state index contributed by atoms with van der Waals surface area (Å²) in [4.78, 5) is 39.2. The maximum atomic E-state index is 11.9. The molecule has 35 heavy (non-hydrogen) atoms. The van der Waals surface area contributed by atoms with E-state index in [4.69, 9.17) is 21.1 Å². The van der Waals surface area contributed by atoms with Crippen LogP contribution in [-0.2, 0) is 23.6 Å². The lowest BCUT2D eigenvalue weighted by atomic mass is 10.1. The summed E-state index contributed by atoms with van der Waals surface area (Å²) in [6.45, 7) is 2.06. The number of esters is 1. The molecule has 0 radical (unpaired) electrons. The molecule has 17 heteroatoms. The van der Waals surface area contributed by atoms with Crippen LogP contribution in [0.15, 0.2) is 0 Å². The number of anilines is 1. The van der Waals surface area contributed by atoms with Crippen molar-refractivity contribution < 1.29 is 43.6 Å². The minimum atomic E-state index is -4.99. The van der Waals surface area contributed by atoms with Crippen LogP contribution in [0, 0.1) is 5.92 Å². The third-order valence-corrected chi connectivity index (χ3v) is 7.05. The predicted molar refractivity (Wildman–Crippen MR) is 119 cm³/mol. The number of rotatable bonds is 9. The molecular weight excluding hydrogens is 511 g/mol. The summed E-state index contributed by atoms with van der Waals surface area (Å²) < 4.78 is 28.2. The second-order valence-corrected chi connectivity index (χ2v) is 10.3. The van der Waals surface area contributed by atoms with Crippen LogP contribution in [0.3, 0.4) is 0 Å². The number of aliphatic hydroxyl groups is 2. The van der Waals surface area contributed by atoms with Crippen LogP contribution in [0.25, 0.3) is 11.2 Å². The van der Waals surface area contributed by atoms with Crippen molar-refractivity contribution in [3.05, 3.63) is 5.28 Å². The molecule has 0 bridgehead atoms. The van der Waals surface area contributed by atoms with Gasteiger partial charge in [-0.2, -0.15) is 9.97 Å². The first-order chi connectivity index (χ1) is 16.6. The molecule has 2 aliphatic rings. The number of carbonyl (C=O) groups excluding carboxylic acids is 1. The van der Waals surface area contributed by atoms with Gasteiger partial charge in [-0.1, -0.05) is 5.21 Å². The number of nitrogens with zero attached hydrogens (tertiary/aromatic N) is 5. The average molecular weight is 537 g/mol. The molecule has 2 aromatic rings. The van der Waals surface area contributed by atoms with Crippen LogP contribution < -0.4 is 5.32 Å². The standard InChI is InChI=1S/C18H26ClN6O9P/c1-2-33-16(28)17(35(29,30)31)34-6-8-5-10(13(27)12(8)26)25-15-11(23-24-25)14(21-18(19)22-15)20-9-3-4-32-7-9/h8-10,12-13,17,26-27H,2-7H2,1H3,(H,20,21,22)(H2,29,30,31). The van der Waals surface area contributed by atoms with Crippen molar-refractivity contribution in [2.75, 3.05) is 31.7 Å². The van der Waals surface area contributed by atoms with Crippen molar-refractivity contribution in [3.63, 3.8) is 0 Å². The first kappa shape index (κ1) is 26.1. The van der Waals surface area contributed by atoms with Gasteiger partial charge in [-0.05, 0) is 31.4 Å². The number of carbonyl (C=O) groups is 1. The topological polar surface area (TPSA) is 211 Å². The Hall–Kier alpha value is -1.97. The highest BCUT2D eigenvalue weighted by Gasteiger charge is 2.46. The number of aromatic nitrogens is 5. The Balaban J connectivity index is 1.53. The van der Waals surface area contributed by atoms with Crippen LogP contribution in [0.5, 0.6) is 0 Å². The molecule has 3 heterocycles. The van der Waals surface area contributed by atoms with E-state index in [9.17, 15) is 29.4 Å². The minimum Gasteiger partial charge on any atom is -0.464 e. The molecule has 1 aliphatic heterocycles. The van der Waals surface area contributed by atoms with Gasteiger partial charge in [0.1, 0.15) is 6.10 Å². The molecular formula is C18H26ClN6O9P. The SMILES string of the molecule is CCOC(=O)C(OCC1CC(n2nnc3c(NC4CCOC4)nc(Cl)nc32)C(O)C1O)P(=O)(O)O. The Kier molecular flexibility index (Phi) is 7.88. The second kappa shape index (κ2) is 10.6. The molecule has 15 nitrogen and oxygen atoms in total. The third-order valence-electron chi connectivity index (χ3n) is 5.91. The third kappa shape index (κ3) is 5.57. The lowest BCUT2D eigenvalue weighted by molar-refractivity contribution is -0.153. The van der Waals surface area contributed by atoms with Gasteiger partial charge in [0, 0.05) is 12.5 Å². The monoisotopic (exact) mass is 536 g/mol. The number of hydrogen-bond donors (Lipinski definition) is 5. The van der Waals surface area contributed by atoms with Crippen LogP contribution in [-0.4, -0.2) is 101 Å². The summed E-state index contributed by atoms with van der Waals surface area (Å²) in [5, 5.41) is 32.6. The molecule has 2 fully saturated rings. The molecule has 0 amide bonds. The van der Waals surface area contributed by atoms with Crippen LogP contribution >= 0.6 is 19.2 Å². The van der Waals surface area contributed by atoms with Gasteiger partial charge in [-0.3, -0.25) is 4.57 Å². The Morgan fingerprint density at radius 1 is 1.34 bits per heavy atom. The van der Waals surface area contributed by atoms with Gasteiger partial charge in [0.2, 0.25) is 5.28 Å². The molecule has 194 valence electrons. The zero-order chi connectivity index (χ0) is 25.3. The van der Waals surface area contributed by atoms with E-state index in [-0.39, 0.29) is 30.0 Å². The van der Waals surface area contributed by atoms with Crippen molar-refractivity contribution in [3.8, 4) is 0 Å². The maximum absolute atomic E-state index is 11.9. The van der Waals surface area contributed by atoms with E-state index in [0.717, 1.165) is 6.42 Å². The van der Waals surface area contributed by atoms with Crippen LogP contribution in [0.1, 0.15) is 25.8 Å². The number of fused-ring (bicyclic) bond motifs is 1. The number of halogens is 1. The Labute approximate surface area is 203 Å². The zero-order valence-electron chi connectivity index (χ0n) is 18.6. The fraction of sp³-hybridized carbons (Fsp3) is 0.722. The van der Waals surface area contributed by atoms with Crippen molar-refractivity contribution in [2.24, 2.45) is 5.92 Å². The van der Waals surface area contributed by atoms with E-state index in [1.54, 1.807) is 0 Å². The molecule has 5 N–H and O–H groups in total. The number of aliphatic hydroxyl groups excluding tert-OH is 2. The van der Waals surface area contributed by atoms with Crippen LogP contribution in [0.4, 0.5) is 5.82 Å². The van der Waals surface area contributed by atoms with E-state index in [2.05, 4.69) is 30.3 Å². The highest BCUT2D eigenvalue weighted by molar-refractivity contribution is 7.53. The molecule has 6 unspecified atom stereocenters. The lowest BCUT2D eigenvalue weighted by Gasteiger charge is -2.21. The predicted octanol–water partition coefficient (Wildman–Crippen LogP) is -0.558. The number of nitrogens with one attached hydrogen (secondary N) is 1. The number of hydrogen-bond acceptors (Lipinski definition) is 12. The summed E-state index contributed by atoms with van der Waals surface area (Å²) in [6, 6.07) is -0.801. The Morgan fingerprint density at radius 2 is 2.11 bits per heavy atom. The first-order valence-electron chi connectivity index (χ1n) is 10.9. The van der Waals surface area contributed by atoms with Crippen molar-refractivity contribution >= 4 is 42.1 Å². The molecule has 0 aromatic carbocycles. The smallest absolute Gasteiger partial charge is 0.365 e. The molecule has 1 aliphatic carbocycles. The van der Waals surface area contributed by atoms with E-state index in [1.165, 1.54) is 11.6 Å². The van der Waals surface area contributed by atoms with Gasteiger partial charge in [0.05, 0.1) is 38.0 Å². The Morgan fingerprint density at radius 3 is 2.77 bits per heavy atom. The molecule has 1 saturated carbocycles. The van der Waals surface area contributed by atoms with Gasteiger partial charge in [-0.15, -0.1) is 5.10 Å². The summed E-state index contributed by atoms with van der Waals surface area (Å²) in [5.41, 5.74) is 0.537. The summed E-state index contributed by atoms with van der Waals surface area (Å²) in [6.07, 6.45) is -1.82. The maximum Gasteiger partial charge on any atom is 0.365 e. The highest BCUT2D eigenvalue weighted by Crippen LogP contribution is 2.44. The summed E-state index contributed by atoms with van der Waals surface area (Å²) >= 11 is 6.11. The van der Waals surface area contributed by atoms with Crippen molar-refractivity contribution in [1.82, 2.24) is 25.0 Å². The van der Waals surface area contributed by atoms with Crippen LogP contribution in [0.2, 0.25) is 5.28 Å². The van der Waals surface area contributed by atoms with Crippen molar-refractivity contribution in [1.29, 1.82) is 0 Å². The summed E-state index contributed by atoms with van der Waals surface area (Å²) in [5.74, 6) is -3.79. The fourth-order valence-electron chi connectivity index (χ4n) is 4.21. The van der Waals surface area contributed by atoms with E-state index < -0.39 is 50.2 Å². The lowest BCUT2D eigenvalue weighted by Crippen LogP contribution is -2.33. The van der Waals surface area contributed by atoms with E-state index in [0.29, 0.717) is 24.5 Å². The molecule has 0 spiro atoms. The molecule has 1 saturated heterocycles. The second-order valence-electron chi connectivity index (χ2n) is 8.32. The number of ether oxygens (including phenoxy) is 3. The largest absolute Gasteiger partial charge is 0.464 e. The van der Waals surface area contributed by atoms with E-state index in [1.807, 2.05) is 0 Å². The Bertz CT molecular complexity index is 1110. The van der Waals surface area contributed by atoms with Gasteiger partial charge in [0.25, 0.3) is 5.85 Å². The zero-order valence-corrected chi connectivity index (χ0v) is 20.2. The van der Waals surface area contributed by atoms with E-state index >= 15 is 0 Å². The molecule has 2 aromatic heterocycles. The highest BCUT2D eigenvalue weighted by atomic mass is 35.5. The first-order valence-corrected chi connectivity index (χ1v) is 13.0. The van der Waals surface area contributed by atoms with Gasteiger partial charge >= 0.3 is 13.6 Å². The molecule has 4 rings (SSSR count). The quantitative estimate of drug-likeness (QED) is 0.154. The van der Waals surface area contributed by atoms with Gasteiger partial charge in [0.15, 0.2) is 17.0 Å². The molecule has 6 atom stereocenters. The van der Waals surface area contributed by atoms with Crippen molar-refractivity contribution in [2.45, 2.75) is 49.9 Å². The van der Waals surface area contributed by atoms with Gasteiger partial charge in [-0.25, -0.2) is 9.48 Å². The fourth-order valence-corrected chi connectivity index (χ4v) is 5.00.